The van der Waals surface area contributed by atoms with Crippen LogP contribution in [0.25, 0.3) is 0 Å². The van der Waals surface area contributed by atoms with E-state index in [-0.39, 0.29) is 16.3 Å². The van der Waals surface area contributed by atoms with Crippen molar-refractivity contribution in [3.63, 3.8) is 0 Å². The van der Waals surface area contributed by atoms with Crippen molar-refractivity contribution in [3.05, 3.63) is 34.6 Å². The predicted octanol–water partition coefficient (Wildman–Crippen LogP) is 1.56. The summed E-state index contributed by atoms with van der Waals surface area (Å²) < 4.78 is 39.5. The first-order valence-corrected chi connectivity index (χ1v) is 7.98. The fourth-order valence-electron chi connectivity index (χ4n) is 2.01. The number of piperazine rings is 1. The summed E-state index contributed by atoms with van der Waals surface area (Å²) >= 11 is 5.87. The molecule has 0 saturated carbocycles. The van der Waals surface area contributed by atoms with Crippen LogP contribution >= 0.6 is 11.6 Å². The van der Waals surface area contributed by atoms with E-state index in [1.807, 2.05) is 7.05 Å². The Morgan fingerprint density at radius 3 is 2.47 bits per heavy atom. The van der Waals surface area contributed by atoms with Crippen LogP contribution in [0, 0.1) is 5.82 Å². The standard InChI is InChI=1S/C12H16ClFN2O2S/c1-15-5-7-16(8-6-15)19(17,18)9-10-11(13)3-2-4-12(10)14/h2-4H,5-9H2,1H3. The zero-order chi connectivity index (χ0) is 14.0. The molecule has 7 heteroatoms. The molecule has 1 aliphatic heterocycles. The lowest BCUT2D eigenvalue weighted by molar-refractivity contribution is 0.222. The molecule has 1 aromatic carbocycles. The Bertz CT molecular complexity index is 537. The molecule has 4 nitrogen and oxygen atoms in total. The number of hydrogen-bond donors (Lipinski definition) is 0. The molecule has 1 saturated heterocycles. The molecule has 0 atom stereocenters. The van der Waals surface area contributed by atoms with Crippen LogP contribution in [0.4, 0.5) is 4.39 Å². The third-order valence-corrected chi connectivity index (χ3v) is 5.40. The predicted molar refractivity (Wildman–Crippen MR) is 73.1 cm³/mol. The summed E-state index contributed by atoms with van der Waals surface area (Å²) in [4.78, 5) is 2.06. The molecule has 0 bridgehead atoms. The molecule has 19 heavy (non-hydrogen) atoms. The fourth-order valence-corrected chi connectivity index (χ4v) is 3.88. The van der Waals surface area contributed by atoms with Gasteiger partial charge in [0.25, 0.3) is 0 Å². The van der Waals surface area contributed by atoms with Gasteiger partial charge in [0, 0.05) is 36.8 Å². The molecule has 2 rings (SSSR count). The van der Waals surface area contributed by atoms with E-state index in [2.05, 4.69) is 4.90 Å². The molecule has 0 amide bonds. The number of halogens is 2. The van der Waals surface area contributed by atoms with Crippen LogP contribution in [-0.4, -0.2) is 50.8 Å². The molecule has 106 valence electrons. The Hall–Kier alpha value is -0.690. The number of nitrogens with zero attached hydrogens (tertiary/aromatic N) is 2. The van der Waals surface area contributed by atoms with E-state index < -0.39 is 15.8 Å². The van der Waals surface area contributed by atoms with Crippen LogP contribution in [0.2, 0.25) is 5.02 Å². The number of likely N-dealkylation sites (N-methyl/N-ethyl adjacent to an activating group) is 1. The largest absolute Gasteiger partial charge is 0.304 e. The second-order valence-corrected chi connectivity index (χ2v) is 7.03. The normalized spacial score (nSPS) is 18.7. The van der Waals surface area contributed by atoms with Crippen molar-refractivity contribution in [3.8, 4) is 0 Å². The first-order chi connectivity index (χ1) is 8.90. The fraction of sp³-hybridized carbons (Fsp3) is 0.500. The summed E-state index contributed by atoms with van der Waals surface area (Å²) in [5, 5.41) is 0.151. The smallest absolute Gasteiger partial charge is 0.218 e. The molecule has 1 aromatic rings. The monoisotopic (exact) mass is 306 g/mol. The Kier molecular flexibility index (Phi) is 4.45. The van der Waals surface area contributed by atoms with E-state index in [1.165, 1.54) is 22.5 Å². The van der Waals surface area contributed by atoms with Gasteiger partial charge in [-0.15, -0.1) is 0 Å². The second-order valence-electron chi connectivity index (χ2n) is 4.66. The molecule has 0 radical (unpaired) electrons. The van der Waals surface area contributed by atoms with Crippen molar-refractivity contribution in [1.82, 2.24) is 9.21 Å². The van der Waals surface area contributed by atoms with Crippen LogP contribution in [0.15, 0.2) is 18.2 Å². The van der Waals surface area contributed by atoms with Gasteiger partial charge in [-0.2, -0.15) is 4.31 Å². The number of benzene rings is 1. The minimum Gasteiger partial charge on any atom is -0.304 e. The van der Waals surface area contributed by atoms with Crippen LogP contribution in [0.5, 0.6) is 0 Å². The van der Waals surface area contributed by atoms with Crippen molar-refractivity contribution < 1.29 is 12.8 Å². The Morgan fingerprint density at radius 2 is 1.89 bits per heavy atom. The first-order valence-electron chi connectivity index (χ1n) is 5.99. The topological polar surface area (TPSA) is 40.6 Å². The van der Waals surface area contributed by atoms with Gasteiger partial charge >= 0.3 is 0 Å². The summed E-state index contributed by atoms with van der Waals surface area (Å²) in [7, 11) is -1.58. The minimum atomic E-state index is -3.52. The van der Waals surface area contributed by atoms with Gasteiger partial charge < -0.3 is 4.90 Å². The van der Waals surface area contributed by atoms with Gasteiger partial charge in [-0.3, -0.25) is 0 Å². The van der Waals surface area contributed by atoms with Crippen LogP contribution < -0.4 is 0 Å². The maximum absolute atomic E-state index is 13.6. The molecule has 0 N–H and O–H groups in total. The van der Waals surface area contributed by atoms with Gasteiger partial charge in [0.15, 0.2) is 0 Å². The Morgan fingerprint density at radius 1 is 1.26 bits per heavy atom. The molecular weight excluding hydrogens is 291 g/mol. The van der Waals surface area contributed by atoms with E-state index in [4.69, 9.17) is 11.6 Å². The summed E-state index contributed by atoms with van der Waals surface area (Å²) in [6.07, 6.45) is 0. The molecule has 1 heterocycles. The summed E-state index contributed by atoms with van der Waals surface area (Å²) in [6, 6.07) is 4.18. The summed E-state index contributed by atoms with van der Waals surface area (Å²) in [5.41, 5.74) is 0.0445. The maximum Gasteiger partial charge on any atom is 0.218 e. The number of rotatable bonds is 3. The van der Waals surface area contributed by atoms with Crippen molar-refractivity contribution in [1.29, 1.82) is 0 Å². The van der Waals surface area contributed by atoms with Crippen LogP contribution in [0.1, 0.15) is 5.56 Å². The highest BCUT2D eigenvalue weighted by atomic mass is 35.5. The SMILES string of the molecule is CN1CCN(S(=O)(=O)Cc2c(F)cccc2Cl)CC1. The molecule has 0 aliphatic carbocycles. The molecular formula is C12H16ClFN2O2S. The van der Waals surface area contributed by atoms with Gasteiger partial charge in [-0.05, 0) is 19.2 Å². The highest BCUT2D eigenvalue weighted by molar-refractivity contribution is 7.88. The molecule has 1 aliphatic rings. The lowest BCUT2D eigenvalue weighted by Gasteiger charge is -2.31. The van der Waals surface area contributed by atoms with Gasteiger partial charge in [0.2, 0.25) is 10.0 Å². The van der Waals surface area contributed by atoms with E-state index in [1.54, 1.807) is 0 Å². The average molecular weight is 307 g/mol. The molecule has 1 fully saturated rings. The van der Waals surface area contributed by atoms with E-state index in [9.17, 15) is 12.8 Å². The van der Waals surface area contributed by atoms with Gasteiger partial charge in [-0.25, -0.2) is 12.8 Å². The van der Waals surface area contributed by atoms with E-state index in [0.717, 1.165) is 0 Å². The Balaban J connectivity index is 2.17. The molecule has 0 unspecified atom stereocenters. The third-order valence-electron chi connectivity index (χ3n) is 3.24. The van der Waals surface area contributed by atoms with Gasteiger partial charge in [-0.1, -0.05) is 17.7 Å². The quantitative estimate of drug-likeness (QED) is 0.851. The lowest BCUT2D eigenvalue weighted by atomic mass is 10.2. The maximum atomic E-state index is 13.6. The van der Waals surface area contributed by atoms with Crippen molar-refractivity contribution in [2.75, 3.05) is 33.2 Å². The van der Waals surface area contributed by atoms with Crippen molar-refractivity contribution in [2.24, 2.45) is 0 Å². The third kappa shape index (κ3) is 3.45. The highest BCUT2D eigenvalue weighted by Gasteiger charge is 2.27. The zero-order valence-electron chi connectivity index (χ0n) is 10.6. The van der Waals surface area contributed by atoms with Crippen molar-refractivity contribution >= 4 is 21.6 Å². The van der Waals surface area contributed by atoms with Gasteiger partial charge in [0.1, 0.15) is 5.82 Å². The summed E-state index contributed by atoms with van der Waals surface area (Å²) in [5.74, 6) is -0.965. The zero-order valence-corrected chi connectivity index (χ0v) is 12.2. The minimum absolute atomic E-state index is 0.0445. The Labute approximate surface area is 117 Å². The van der Waals surface area contributed by atoms with E-state index in [0.29, 0.717) is 26.2 Å². The van der Waals surface area contributed by atoms with E-state index >= 15 is 0 Å². The number of sulfonamides is 1. The van der Waals surface area contributed by atoms with Crippen LogP contribution in [0.3, 0.4) is 0 Å². The lowest BCUT2D eigenvalue weighted by Crippen LogP contribution is -2.47. The first kappa shape index (κ1) is 14.7. The number of hydrogen-bond acceptors (Lipinski definition) is 3. The molecule has 0 aromatic heterocycles. The van der Waals surface area contributed by atoms with Crippen molar-refractivity contribution in [2.45, 2.75) is 5.75 Å². The van der Waals surface area contributed by atoms with Gasteiger partial charge in [0.05, 0.1) is 5.75 Å². The molecule has 0 spiro atoms. The van der Waals surface area contributed by atoms with Crippen LogP contribution in [-0.2, 0) is 15.8 Å². The second kappa shape index (κ2) is 5.75. The average Bonchev–Trinajstić information content (AvgIpc) is 2.35. The highest BCUT2D eigenvalue weighted by Crippen LogP contribution is 2.23. The summed E-state index contributed by atoms with van der Waals surface area (Å²) in [6.45, 7) is 2.24.